The quantitative estimate of drug-likeness (QED) is 0.225. The second kappa shape index (κ2) is 10.6. The molecule has 0 saturated heterocycles. The molecule has 0 spiro atoms. The van der Waals surface area contributed by atoms with Crippen LogP contribution in [-0.2, 0) is 11.3 Å². The van der Waals surface area contributed by atoms with Crippen LogP contribution in [0.1, 0.15) is 22.2 Å². The van der Waals surface area contributed by atoms with Crippen molar-refractivity contribution < 1.29 is 28.2 Å². The highest BCUT2D eigenvalue weighted by Crippen LogP contribution is 2.27. The van der Waals surface area contributed by atoms with E-state index in [1.54, 1.807) is 6.92 Å². The van der Waals surface area contributed by atoms with Crippen LogP contribution in [0.2, 0.25) is 0 Å². The molecule has 3 rings (SSSR count). The maximum atomic E-state index is 12.8. The Kier molecular flexibility index (Phi) is 7.66. The molecule has 2 N–H and O–H groups in total. The van der Waals surface area contributed by atoms with Crippen molar-refractivity contribution in [3.05, 3.63) is 62.1 Å². The monoisotopic (exact) mass is 525 g/mol. The molecule has 2 aromatic heterocycles. The first-order valence-corrected chi connectivity index (χ1v) is 10.2. The molecule has 0 aliphatic heterocycles. The molecule has 0 atom stereocenters. The second-order valence-corrected chi connectivity index (χ2v) is 7.29. The Bertz CT molecular complexity index is 1160. The lowest BCUT2D eigenvalue weighted by Crippen LogP contribution is -2.36. The number of ether oxygens (including phenoxy) is 1. The third-order valence-electron chi connectivity index (χ3n) is 4.16. The minimum Gasteiger partial charge on any atom is -0.484 e. The predicted octanol–water partition coefficient (Wildman–Crippen LogP) is 1.36. The molecule has 0 unspecified atom stereocenters. The number of nitrogens with one attached hydrogen (secondary N) is 2. The molecule has 33 heavy (non-hydrogen) atoms. The molecule has 0 saturated carbocycles. The molecule has 1 aromatic carbocycles. The van der Waals surface area contributed by atoms with Gasteiger partial charge in [0.15, 0.2) is 12.4 Å². The van der Waals surface area contributed by atoms with Crippen LogP contribution in [0.5, 0.6) is 5.75 Å². The minimum atomic E-state index is -0.657. The van der Waals surface area contributed by atoms with E-state index in [2.05, 4.69) is 41.8 Å². The number of rotatable bonds is 10. The fourth-order valence-corrected chi connectivity index (χ4v) is 2.94. The van der Waals surface area contributed by atoms with Gasteiger partial charge < -0.3 is 30.0 Å². The number of hydrogen-bond acceptors (Lipinski definition) is 9. The van der Waals surface area contributed by atoms with E-state index in [1.807, 2.05) is 0 Å². The fourth-order valence-electron chi connectivity index (χ4n) is 2.51. The Morgan fingerprint density at radius 1 is 1.27 bits per heavy atom. The van der Waals surface area contributed by atoms with Crippen LogP contribution < -0.4 is 15.4 Å². The standard InChI is InChI=1S/C18H17BrFN7O6/c1-10-15(19)16(27(30)31)24-26(10)8-13-23-18(33-25-13)17(29)22-7-6-21-14(28)9-32-12-4-2-11(20)3-5-12/h2-5H,6-9H2,1H3,(H,21,28)(H,22,29). The second-order valence-electron chi connectivity index (χ2n) is 6.50. The van der Waals surface area contributed by atoms with Gasteiger partial charge in [-0.15, -0.1) is 0 Å². The van der Waals surface area contributed by atoms with Gasteiger partial charge in [-0.25, -0.2) is 4.39 Å². The summed E-state index contributed by atoms with van der Waals surface area (Å²) < 4.78 is 24.5. The Balaban J connectivity index is 1.41. The van der Waals surface area contributed by atoms with Crippen LogP contribution in [-0.4, -0.2) is 56.4 Å². The van der Waals surface area contributed by atoms with Gasteiger partial charge in [0, 0.05) is 13.1 Å². The SMILES string of the molecule is Cc1c(Br)c([N+](=O)[O-])nn1Cc1noc(C(=O)NCCNC(=O)COc2ccc(F)cc2)n1. The first-order valence-electron chi connectivity index (χ1n) is 9.37. The lowest BCUT2D eigenvalue weighted by molar-refractivity contribution is -0.390. The van der Waals surface area contributed by atoms with Gasteiger partial charge in [0.2, 0.25) is 0 Å². The molecule has 0 aliphatic carbocycles. The van der Waals surface area contributed by atoms with Gasteiger partial charge >= 0.3 is 17.6 Å². The summed E-state index contributed by atoms with van der Waals surface area (Å²) in [5.74, 6) is -1.71. The highest BCUT2D eigenvalue weighted by atomic mass is 79.9. The van der Waals surface area contributed by atoms with Crippen molar-refractivity contribution in [2.24, 2.45) is 0 Å². The first-order chi connectivity index (χ1) is 15.7. The van der Waals surface area contributed by atoms with Gasteiger partial charge in [-0.3, -0.25) is 9.59 Å². The minimum absolute atomic E-state index is 0.0425. The van der Waals surface area contributed by atoms with Crippen molar-refractivity contribution in [2.75, 3.05) is 19.7 Å². The van der Waals surface area contributed by atoms with Crippen LogP contribution in [0.4, 0.5) is 10.2 Å². The summed E-state index contributed by atoms with van der Waals surface area (Å²) in [6.07, 6.45) is 0. The van der Waals surface area contributed by atoms with Crippen LogP contribution in [0.25, 0.3) is 0 Å². The number of benzene rings is 1. The Morgan fingerprint density at radius 3 is 2.64 bits per heavy atom. The Morgan fingerprint density at radius 2 is 1.97 bits per heavy atom. The summed E-state index contributed by atoms with van der Waals surface area (Å²) in [6.45, 7) is 1.50. The van der Waals surface area contributed by atoms with E-state index in [0.717, 1.165) is 0 Å². The average Bonchev–Trinajstić information content (AvgIpc) is 3.36. The summed E-state index contributed by atoms with van der Waals surface area (Å²) >= 11 is 3.11. The molecule has 13 nitrogen and oxygen atoms in total. The van der Waals surface area contributed by atoms with Gasteiger partial charge in [-0.2, -0.15) is 9.67 Å². The van der Waals surface area contributed by atoms with E-state index in [4.69, 9.17) is 9.26 Å². The van der Waals surface area contributed by atoms with Crippen molar-refractivity contribution in [3.8, 4) is 5.75 Å². The molecular formula is C18H17BrFN7O6. The van der Waals surface area contributed by atoms with Crippen LogP contribution in [0.3, 0.4) is 0 Å². The van der Waals surface area contributed by atoms with E-state index in [9.17, 15) is 24.1 Å². The Labute approximate surface area is 193 Å². The van der Waals surface area contributed by atoms with Crippen molar-refractivity contribution in [3.63, 3.8) is 0 Å². The van der Waals surface area contributed by atoms with E-state index >= 15 is 0 Å². The molecule has 0 bridgehead atoms. The number of amides is 2. The maximum Gasteiger partial charge on any atom is 0.404 e. The summed E-state index contributed by atoms with van der Waals surface area (Å²) in [5, 5.41) is 23.5. The van der Waals surface area contributed by atoms with E-state index in [1.165, 1.54) is 28.9 Å². The van der Waals surface area contributed by atoms with Gasteiger partial charge in [0.1, 0.15) is 22.6 Å². The molecule has 0 fully saturated rings. The van der Waals surface area contributed by atoms with E-state index in [-0.39, 0.29) is 48.2 Å². The van der Waals surface area contributed by atoms with Gasteiger partial charge in [-0.1, -0.05) is 5.16 Å². The van der Waals surface area contributed by atoms with Crippen LogP contribution in [0.15, 0.2) is 33.3 Å². The highest BCUT2D eigenvalue weighted by Gasteiger charge is 2.25. The number of carbonyl (C=O) groups is 2. The zero-order valence-electron chi connectivity index (χ0n) is 17.1. The van der Waals surface area contributed by atoms with Crippen LogP contribution in [0, 0.1) is 22.9 Å². The molecule has 0 aliphatic rings. The van der Waals surface area contributed by atoms with Crippen molar-refractivity contribution >= 4 is 33.6 Å². The van der Waals surface area contributed by atoms with E-state index < -0.39 is 22.6 Å². The summed E-state index contributed by atoms with van der Waals surface area (Å²) in [4.78, 5) is 38.1. The van der Waals surface area contributed by atoms with Crippen LogP contribution >= 0.6 is 15.9 Å². The normalized spacial score (nSPS) is 10.6. The molecular weight excluding hydrogens is 509 g/mol. The topological polar surface area (TPSA) is 167 Å². The zero-order valence-corrected chi connectivity index (χ0v) is 18.7. The zero-order chi connectivity index (χ0) is 24.0. The highest BCUT2D eigenvalue weighted by molar-refractivity contribution is 9.10. The van der Waals surface area contributed by atoms with Crippen molar-refractivity contribution in [1.82, 2.24) is 30.6 Å². The summed E-state index contributed by atoms with van der Waals surface area (Å²) in [5.41, 5.74) is 0.483. The van der Waals surface area contributed by atoms with Crippen molar-refractivity contribution in [1.29, 1.82) is 0 Å². The third-order valence-corrected chi connectivity index (χ3v) is 5.09. The lowest BCUT2D eigenvalue weighted by atomic mass is 10.3. The predicted molar refractivity (Wildman–Crippen MR) is 112 cm³/mol. The first kappa shape index (κ1) is 23.8. The maximum absolute atomic E-state index is 12.8. The number of aromatic nitrogens is 4. The molecule has 15 heteroatoms. The fraction of sp³-hybridized carbons (Fsp3) is 0.278. The van der Waals surface area contributed by atoms with Gasteiger partial charge in [0.25, 0.3) is 5.91 Å². The number of halogens is 2. The Hall–Kier alpha value is -3.88. The number of nitro groups is 1. The molecule has 2 amide bonds. The number of hydrogen-bond donors (Lipinski definition) is 2. The smallest absolute Gasteiger partial charge is 0.404 e. The summed E-state index contributed by atoms with van der Waals surface area (Å²) in [7, 11) is 0. The molecule has 0 radical (unpaired) electrons. The van der Waals surface area contributed by atoms with Gasteiger partial charge in [0.05, 0.1) is 10.8 Å². The number of carbonyl (C=O) groups excluding carboxylic acids is 2. The van der Waals surface area contributed by atoms with Gasteiger partial charge in [-0.05, 0) is 52.0 Å². The molecule has 3 aromatic rings. The summed E-state index contributed by atoms with van der Waals surface area (Å²) in [6, 6.07) is 5.22. The average molecular weight is 526 g/mol. The van der Waals surface area contributed by atoms with Crippen molar-refractivity contribution in [2.45, 2.75) is 13.5 Å². The largest absolute Gasteiger partial charge is 0.484 e. The molecule has 2 heterocycles. The van der Waals surface area contributed by atoms with E-state index in [0.29, 0.717) is 11.4 Å². The molecule has 174 valence electrons. The third kappa shape index (κ3) is 6.31. The number of nitrogens with zero attached hydrogens (tertiary/aromatic N) is 5. The lowest BCUT2D eigenvalue weighted by Gasteiger charge is -2.07.